The lowest BCUT2D eigenvalue weighted by Crippen LogP contribution is -2.40. The highest BCUT2D eigenvalue weighted by Gasteiger charge is 2.06. The molecule has 2 aromatic carbocycles. The predicted octanol–water partition coefficient (Wildman–Crippen LogP) is 3.57. The number of hydrogen-bond acceptors (Lipinski definition) is 3. The van der Waals surface area contributed by atoms with Gasteiger partial charge in [-0.25, -0.2) is 4.99 Å². The Morgan fingerprint density at radius 2 is 1.73 bits per heavy atom. The highest BCUT2D eigenvalue weighted by atomic mass is 127. The van der Waals surface area contributed by atoms with E-state index in [1.807, 2.05) is 49.4 Å². The van der Waals surface area contributed by atoms with Crippen LogP contribution in [-0.2, 0) is 17.9 Å². The molecule has 7 heteroatoms. The van der Waals surface area contributed by atoms with Gasteiger partial charge in [0.2, 0.25) is 0 Å². The first-order valence-electron chi connectivity index (χ1n) is 10.1. The number of aliphatic imine (C=N–C) groups is 1. The number of carbonyl (C=O) groups excluding carboxylic acids is 1. The van der Waals surface area contributed by atoms with E-state index in [9.17, 15) is 4.79 Å². The third kappa shape index (κ3) is 9.58. The number of rotatable bonds is 10. The first-order chi connectivity index (χ1) is 14.1. The number of carbonyl (C=O) groups is 1. The number of guanidine groups is 1. The van der Waals surface area contributed by atoms with Crippen LogP contribution in [0.2, 0.25) is 0 Å². The first-order valence-corrected chi connectivity index (χ1v) is 10.1. The second-order valence-electron chi connectivity index (χ2n) is 6.96. The van der Waals surface area contributed by atoms with Crippen molar-refractivity contribution in [1.29, 1.82) is 0 Å². The molecule has 2 aromatic rings. The van der Waals surface area contributed by atoms with Crippen LogP contribution in [0.25, 0.3) is 0 Å². The van der Waals surface area contributed by atoms with E-state index in [0.29, 0.717) is 31.2 Å². The lowest BCUT2D eigenvalue weighted by molar-refractivity contribution is 0.0931. The molecule has 30 heavy (non-hydrogen) atoms. The zero-order chi connectivity index (χ0) is 20.9. The molecule has 0 saturated heterocycles. The van der Waals surface area contributed by atoms with Crippen LogP contribution < -0.4 is 16.0 Å². The summed E-state index contributed by atoms with van der Waals surface area (Å²) in [6.07, 6.45) is 0. The van der Waals surface area contributed by atoms with Crippen molar-refractivity contribution in [3.8, 4) is 0 Å². The molecule has 1 atom stereocenters. The molecule has 3 N–H and O–H groups in total. The van der Waals surface area contributed by atoms with E-state index >= 15 is 0 Å². The van der Waals surface area contributed by atoms with Crippen LogP contribution in [0, 0.1) is 5.92 Å². The van der Waals surface area contributed by atoms with Gasteiger partial charge in [-0.2, -0.15) is 0 Å². The monoisotopic (exact) mass is 524 g/mol. The Morgan fingerprint density at radius 3 is 2.37 bits per heavy atom. The van der Waals surface area contributed by atoms with Crippen LogP contribution >= 0.6 is 24.0 Å². The molecule has 1 unspecified atom stereocenters. The van der Waals surface area contributed by atoms with Gasteiger partial charge in [0.15, 0.2) is 5.96 Å². The molecule has 0 fully saturated rings. The Balaban J connectivity index is 0.00000450. The van der Waals surface area contributed by atoms with Gasteiger partial charge in [0.25, 0.3) is 5.91 Å². The van der Waals surface area contributed by atoms with Crippen molar-refractivity contribution in [3.63, 3.8) is 0 Å². The standard InChI is InChI=1S/C23H32N4O2.HI/c1-4-25-23(27-15-19-10-12-21(13-11-19)22(28)24-3)26-14-18(2)16-29-17-20-8-6-5-7-9-20;/h5-13,18H,4,14-17H2,1-3H3,(H,24,28)(H2,25,26,27);1H. The van der Waals surface area contributed by atoms with Gasteiger partial charge in [-0.05, 0) is 36.1 Å². The van der Waals surface area contributed by atoms with Crippen molar-refractivity contribution in [3.05, 3.63) is 71.3 Å². The normalized spacial score (nSPS) is 11.9. The van der Waals surface area contributed by atoms with Crippen molar-refractivity contribution in [2.24, 2.45) is 10.9 Å². The van der Waals surface area contributed by atoms with E-state index in [2.05, 4.69) is 40.0 Å². The molecular weight excluding hydrogens is 491 g/mol. The summed E-state index contributed by atoms with van der Waals surface area (Å²) >= 11 is 0. The molecule has 0 bridgehead atoms. The molecule has 2 rings (SSSR count). The van der Waals surface area contributed by atoms with Crippen LogP contribution in [0.5, 0.6) is 0 Å². The summed E-state index contributed by atoms with van der Waals surface area (Å²) in [5, 5.41) is 9.26. The number of amides is 1. The summed E-state index contributed by atoms with van der Waals surface area (Å²) in [6.45, 7) is 7.62. The predicted molar refractivity (Wildman–Crippen MR) is 133 cm³/mol. The summed E-state index contributed by atoms with van der Waals surface area (Å²) in [4.78, 5) is 16.2. The number of nitrogens with zero attached hydrogens (tertiary/aromatic N) is 1. The molecule has 164 valence electrons. The molecule has 0 radical (unpaired) electrons. The summed E-state index contributed by atoms with van der Waals surface area (Å²) in [5.74, 6) is 1.05. The molecular formula is C23H33IN4O2. The minimum atomic E-state index is -0.0847. The lowest BCUT2D eigenvalue weighted by Gasteiger charge is -2.16. The van der Waals surface area contributed by atoms with E-state index in [1.165, 1.54) is 5.56 Å². The maximum Gasteiger partial charge on any atom is 0.251 e. The second-order valence-corrected chi connectivity index (χ2v) is 6.96. The van der Waals surface area contributed by atoms with Gasteiger partial charge < -0.3 is 20.7 Å². The molecule has 0 aromatic heterocycles. The minimum Gasteiger partial charge on any atom is -0.376 e. The molecule has 0 saturated carbocycles. The Morgan fingerprint density at radius 1 is 1.03 bits per heavy atom. The lowest BCUT2D eigenvalue weighted by atomic mass is 10.1. The average molecular weight is 524 g/mol. The van der Waals surface area contributed by atoms with Crippen LogP contribution in [0.15, 0.2) is 59.6 Å². The summed E-state index contributed by atoms with van der Waals surface area (Å²) in [5.41, 5.74) is 2.88. The highest BCUT2D eigenvalue weighted by molar-refractivity contribution is 14.0. The van der Waals surface area contributed by atoms with Crippen molar-refractivity contribution in [2.45, 2.75) is 27.0 Å². The molecule has 0 aliphatic carbocycles. The van der Waals surface area contributed by atoms with Gasteiger partial charge in [0.05, 0.1) is 19.8 Å². The Labute approximate surface area is 196 Å². The third-order valence-corrected chi connectivity index (χ3v) is 4.34. The first kappa shape index (κ1) is 25.9. The van der Waals surface area contributed by atoms with Crippen LogP contribution in [0.1, 0.15) is 35.3 Å². The van der Waals surface area contributed by atoms with Crippen molar-refractivity contribution in [1.82, 2.24) is 16.0 Å². The SMILES string of the molecule is CCNC(=NCc1ccc(C(=O)NC)cc1)NCC(C)COCc1ccccc1.I. The molecule has 1 amide bonds. The third-order valence-electron chi connectivity index (χ3n) is 4.34. The number of halogens is 1. The van der Waals surface area contributed by atoms with Crippen LogP contribution in [-0.4, -0.2) is 38.6 Å². The van der Waals surface area contributed by atoms with Gasteiger partial charge in [-0.1, -0.05) is 49.4 Å². The van der Waals surface area contributed by atoms with Crippen molar-refractivity contribution >= 4 is 35.8 Å². The maximum absolute atomic E-state index is 11.6. The van der Waals surface area contributed by atoms with Crippen molar-refractivity contribution < 1.29 is 9.53 Å². The quantitative estimate of drug-likeness (QED) is 0.253. The van der Waals surface area contributed by atoms with Gasteiger partial charge in [0.1, 0.15) is 0 Å². The Kier molecular flexibility index (Phi) is 12.8. The van der Waals surface area contributed by atoms with Crippen molar-refractivity contribution in [2.75, 3.05) is 26.7 Å². The number of hydrogen-bond donors (Lipinski definition) is 3. The fraction of sp³-hybridized carbons (Fsp3) is 0.391. The highest BCUT2D eigenvalue weighted by Crippen LogP contribution is 2.06. The Hall–Kier alpha value is -2.13. The van der Waals surface area contributed by atoms with E-state index in [-0.39, 0.29) is 29.9 Å². The molecule has 0 aliphatic heterocycles. The topological polar surface area (TPSA) is 74.8 Å². The fourth-order valence-corrected chi connectivity index (χ4v) is 2.70. The van der Waals surface area contributed by atoms with Gasteiger partial charge in [-0.3, -0.25) is 4.79 Å². The fourth-order valence-electron chi connectivity index (χ4n) is 2.70. The number of benzene rings is 2. The largest absolute Gasteiger partial charge is 0.376 e. The van der Waals surface area contributed by atoms with E-state index in [4.69, 9.17) is 4.74 Å². The zero-order valence-electron chi connectivity index (χ0n) is 18.0. The van der Waals surface area contributed by atoms with E-state index < -0.39 is 0 Å². The second kappa shape index (κ2) is 14.8. The van der Waals surface area contributed by atoms with Crippen LogP contribution in [0.3, 0.4) is 0 Å². The maximum atomic E-state index is 11.6. The zero-order valence-corrected chi connectivity index (χ0v) is 20.3. The number of nitrogens with one attached hydrogen (secondary N) is 3. The smallest absolute Gasteiger partial charge is 0.251 e. The minimum absolute atomic E-state index is 0. The molecule has 0 spiro atoms. The Bertz CT molecular complexity index is 767. The summed E-state index contributed by atoms with van der Waals surface area (Å²) < 4.78 is 5.81. The summed E-state index contributed by atoms with van der Waals surface area (Å²) in [6, 6.07) is 17.7. The number of ether oxygens (including phenoxy) is 1. The van der Waals surface area contributed by atoms with E-state index in [0.717, 1.165) is 24.6 Å². The molecule has 0 heterocycles. The van der Waals surface area contributed by atoms with Gasteiger partial charge in [-0.15, -0.1) is 24.0 Å². The van der Waals surface area contributed by atoms with Gasteiger partial charge >= 0.3 is 0 Å². The molecule has 0 aliphatic rings. The molecule has 6 nitrogen and oxygen atoms in total. The van der Waals surface area contributed by atoms with E-state index in [1.54, 1.807) is 7.05 Å². The average Bonchev–Trinajstić information content (AvgIpc) is 2.76. The van der Waals surface area contributed by atoms with Gasteiger partial charge in [0, 0.05) is 25.7 Å². The summed E-state index contributed by atoms with van der Waals surface area (Å²) in [7, 11) is 1.63. The van der Waals surface area contributed by atoms with Crippen LogP contribution in [0.4, 0.5) is 0 Å².